The summed E-state index contributed by atoms with van der Waals surface area (Å²) in [5.41, 5.74) is 1.90. The average molecular weight is 368 g/mol. The minimum absolute atomic E-state index is 0.0161. The van der Waals surface area contributed by atoms with E-state index in [-0.39, 0.29) is 17.9 Å². The molecule has 1 aliphatic heterocycles. The summed E-state index contributed by atoms with van der Waals surface area (Å²) in [6, 6.07) is 5.79. The number of piperidine rings is 1. The van der Waals surface area contributed by atoms with Gasteiger partial charge in [0, 0.05) is 43.3 Å². The van der Waals surface area contributed by atoms with Gasteiger partial charge in [0.2, 0.25) is 5.91 Å². The Morgan fingerprint density at radius 1 is 1.27 bits per heavy atom. The number of hydrogen-bond acceptors (Lipinski definition) is 2. The second-order valence-electron chi connectivity index (χ2n) is 5.89. The maximum Gasteiger partial charge on any atom is 0.319 e. The van der Waals surface area contributed by atoms with E-state index in [4.69, 9.17) is 0 Å². The zero-order valence-electron chi connectivity index (χ0n) is 13.2. The number of anilines is 1. The Hall–Kier alpha value is -1.56. The molecule has 0 aromatic heterocycles. The summed E-state index contributed by atoms with van der Waals surface area (Å²) in [7, 11) is 3.49. The molecular weight excluding hydrogens is 346 g/mol. The van der Waals surface area contributed by atoms with Gasteiger partial charge in [-0.05, 0) is 43.5 Å². The smallest absolute Gasteiger partial charge is 0.319 e. The molecule has 0 bridgehead atoms. The van der Waals surface area contributed by atoms with Crippen LogP contribution in [-0.2, 0) is 4.79 Å². The monoisotopic (exact) mass is 367 g/mol. The van der Waals surface area contributed by atoms with Crippen molar-refractivity contribution in [3.63, 3.8) is 0 Å². The van der Waals surface area contributed by atoms with Gasteiger partial charge in [-0.1, -0.05) is 15.9 Å². The lowest BCUT2D eigenvalue weighted by Gasteiger charge is -2.33. The number of nitrogens with one attached hydrogen (secondary N) is 1. The lowest BCUT2D eigenvalue weighted by atomic mass is 9.96. The van der Waals surface area contributed by atoms with Crippen LogP contribution in [0.2, 0.25) is 0 Å². The third kappa shape index (κ3) is 4.00. The second kappa shape index (κ2) is 7.13. The molecule has 5 nitrogen and oxygen atoms in total. The number of nitrogens with zero attached hydrogens (tertiary/aromatic N) is 2. The molecule has 22 heavy (non-hydrogen) atoms. The van der Waals surface area contributed by atoms with Crippen LogP contribution in [0.5, 0.6) is 0 Å². The molecule has 120 valence electrons. The molecule has 1 N–H and O–H groups in total. The van der Waals surface area contributed by atoms with Crippen molar-refractivity contribution in [2.45, 2.75) is 19.8 Å². The summed E-state index contributed by atoms with van der Waals surface area (Å²) >= 11 is 3.45. The summed E-state index contributed by atoms with van der Waals surface area (Å²) in [6.45, 7) is 3.26. The number of urea groups is 1. The van der Waals surface area contributed by atoms with Crippen LogP contribution in [-0.4, -0.2) is 48.9 Å². The van der Waals surface area contributed by atoms with E-state index in [0.29, 0.717) is 25.9 Å². The first kappa shape index (κ1) is 16.8. The fourth-order valence-electron chi connectivity index (χ4n) is 2.58. The SMILES string of the molecule is Cc1cc(NC(=O)C2CCN(C(=O)N(C)C)CC2)ccc1Br. The molecule has 0 atom stereocenters. The first-order valence-corrected chi connectivity index (χ1v) is 8.21. The van der Waals surface area contributed by atoms with Crippen molar-refractivity contribution in [1.29, 1.82) is 0 Å². The normalized spacial score (nSPS) is 15.5. The lowest BCUT2D eigenvalue weighted by Crippen LogP contribution is -2.45. The van der Waals surface area contributed by atoms with Crippen LogP contribution >= 0.6 is 15.9 Å². The molecule has 3 amide bonds. The summed E-state index contributed by atoms with van der Waals surface area (Å²) < 4.78 is 1.03. The Labute approximate surface area is 139 Å². The predicted molar refractivity (Wildman–Crippen MR) is 90.9 cm³/mol. The molecule has 0 radical (unpaired) electrons. The van der Waals surface area contributed by atoms with Crippen molar-refractivity contribution < 1.29 is 9.59 Å². The molecule has 1 fully saturated rings. The summed E-state index contributed by atoms with van der Waals surface area (Å²) in [5.74, 6) is 0.00818. The minimum atomic E-state index is -0.0323. The van der Waals surface area contributed by atoms with Crippen molar-refractivity contribution >= 4 is 33.6 Å². The van der Waals surface area contributed by atoms with Gasteiger partial charge in [0.15, 0.2) is 0 Å². The van der Waals surface area contributed by atoms with E-state index in [1.54, 1.807) is 23.9 Å². The zero-order valence-corrected chi connectivity index (χ0v) is 14.8. The van der Waals surface area contributed by atoms with Gasteiger partial charge in [-0.2, -0.15) is 0 Å². The highest BCUT2D eigenvalue weighted by Gasteiger charge is 2.27. The van der Waals surface area contributed by atoms with Crippen LogP contribution in [0.15, 0.2) is 22.7 Å². The topological polar surface area (TPSA) is 52.7 Å². The Balaban J connectivity index is 1.89. The van der Waals surface area contributed by atoms with Gasteiger partial charge in [0.05, 0.1) is 0 Å². The number of hydrogen-bond donors (Lipinski definition) is 1. The van der Waals surface area contributed by atoms with Crippen LogP contribution in [0.25, 0.3) is 0 Å². The molecular formula is C16H22BrN3O2. The zero-order chi connectivity index (χ0) is 16.3. The average Bonchev–Trinajstić information content (AvgIpc) is 2.50. The summed E-state index contributed by atoms with van der Waals surface area (Å²) in [4.78, 5) is 27.6. The highest BCUT2D eigenvalue weighted by molar-refractivity contribution is 9.10. The van der Waals surface area contributed by atoms with Crippen LogP contribution in [0, 0.1) is 12.8 Å². The quantitative estimate of drug-likeness (QED) is 0.872. The van der Waals surface area contributed by atoms with Crippen molar-refractivity contribution in [2.24, 2.45) is 5.92 Å². The maximum atomic E-state index is 12.3. The van der Waals surface area contributed by atoms with Gasteiger partial charge >= 0.3 is 6.03 Å². The van der Waals surface area contributed by atoms with E-state index in [0.717, 1.165) is 15.7 Å². The Bertz CT molecular complexity index is 567. The van der Waals surface area contributed by atoms with Crippen molar-refractivity contribution in [3.8, 4) is 0 Å². The molecule has 1 saturated heterocycles. The van der Waals surface area contributed by atoms with Gasteiger partial charge in [0.1, 0.15) is 0 Å². The van der Waals surface area contributed by atoms with Crippen LogP contribution in [0.1, 0.15) is 18.4 Å². The number of amides is 3. The number of rotatable bonds is 2. The van der Waals surface area contributed by atoms with E-state index in [2.05, 4.69) is 21.2 Å². The van der Waals surface area contributed by atoms with Crippen molar-refractivity contribution in [1.82, 2.24) is 9.80 Å². The van der Waals surface area contributed by atoms with E-state index >= 15 is 0 Å². The first-order chi connectivity index (χ1) is 10.4. The van der Waals surface area contributed by atoms with Gasteiger partial charge in [0.25, 0.3) is 0 Å². The fraction of sp³-hybridized carbons (Fsp3) is 0.500. The molecule has 0 saturated carbocycles. The molecule has 1 heterocycles. The van der Waals surface area contributed by atoms with Crippen LogP contribution < -0.4 is 5.32 Å². The minimum Gasteiger partial charge on any atom is -0.331 e. The molecule has 2 rings (SSSR count). The molecule has 0 unspecified atom stereocenters. The molecule has 0 aliphatic carbocycles. The first-order valence-electron chi connectivity index (χ1n) is 7.41. The van der Waals surface area contributed by atoms with Crippen molar-refractivity contribution in [3.05, 3.63) is 28.2 Å². The van der Waals surface area contributed by atoms with Gasteiger partial charge in [-0.3, -0.25) is 4.79 Å². The number of benzene rings is 1. The third-order valence-electron chi connectivity index (χ3n) is 3.94. The van der Waals surface area contributed by atoms with E-state index < -0.39 is 0 Å². The Kier molecular flexibility index (Phi) is 5.45. The van der Waals surface area contributed by atoms with E-state index in [1.165, 1.54) is 0 Å². The number of halogens is 1. The lowest BCUT2D eigenvalue weighted by molar-refractivity contribution is -0.121. The van der Waals surface area contributed by atoms with Crippen LogP contribution in [0.4, 0.5) is 10.5 Å². The van der Waals surface area contributed by atoms with Crippen molar-refractivity contribution in [2.75, 3.05) is 32.5 Å². The Morgan fingerprint density at radius 3 is 2.45 bits per heavy atom. The van der Waals surface area contributed by atoms with Gasteiger partial charge in [-0.25, -0.2) is 4.79 Å². The molecule has 1 aromatic carbocycles. The summed E-state index contributed by atoms with van der Waals surface area (Å²) in [6.07, 6.45) is 1.42. The third-order valence-corrected chi connectivity index (χ3v) is 4.83. The fourth-order valence-corrected chi connectivity index (χ4v) is 2.83. The van der Waals surface area contributed by atoms with Gasteiger partial charge in [-0.15, -0.1) is 0 Å². The summed E-state index contributed by atoms with van der Waals surface area (Å²) in [5, 5.41) is 2.97. The molecule has 6 heteroatoms. The number of aryl methyl sites for hydroxylation is 1. The second-order valence-corrected chi connectivity index (χ2v) is 6.75. The predicted octanol–water partition coefficient (Wildman–Crippen LogP) is 3.09. The number of likely N-dealkylation sites (tertiary alicyclic amines) is 1. The van der Waals surface area contributed by atoms with E-state index in [9.17, 15) is 9.59 Å². The highest BCUT2D eigenvalue weighted by Crippen LogP contribution is 2.23. The highest BCUT2D eigenvalue weighted by atomic mass is 79.9. The standard InChI is InChI=1S/C16H22BrN3O2/c1-11-10-13(4-5-14(11)17)18-15(21)12-6-8-20(9-7-12)16(22)19(2)3/h4-5,10,12H,6-9H2,1-3H3,(H,18,21). The number of carbonyl (C=O) groups is 2. The van der Waals surface area contributed by atoms with Crippen LogP contribution in [0.3, 0.4) is 0 Å². The number of carbonyl (C=O) groups excluding carboxylic acids is 2. The largest absolute Gasteiger partial charge is 0.331 e. The molecule has 1 aromatic rings. The molecule has 0 spiro atoms. The maximum absolute atomic E-state index is 12.3. The van der Waals surface area contributed by atoms with Gasteiger partial charge < -0.3 is 15.1 Å². The van der Waals surface area contributed by atoms with E-state index in [1.807, 2.05) is 25.1 Å². The molecule has 1 aliphatic rings. The Morgan fingerprint density at radius 2 is 1.91 bits per heavy atom.